The van der Waals surface area contributed by atoms with Crippen LogP contribution in [0.5, 0.6) is 0 Å². The standard InChI is InChI=1S/C11H11FN2O2/c12-9-4-2-1-3-8(9)5-14-6-10(15)13-11(16)7-14/h1-4H,5-7H2,(H,13,15,16). The predicted molar refractivity (Wildman–Crippen MR) is 54.8 cm³/mol. The molecule has 1 aromatic carbocycles. The first-order valence-corrected chi connectivity index (χ1v) is 4.93. The maximum atomic E-state index is 13.3. The van der Waals surface area contributed by atoms with E-state index in [1.165, 1.54) is 6.07 Å². The van der Waals surface area contributed by atoms with E-state index in [0.717, 1.165) is 0 Å². The van der Waals surface area contributed by atoms with Gasteiger partial charge in [0, 0.05) is 12.1 Å². The number of imide groups is 1. The first-order chi connectivity index (χ1) is 7.65. The summed E-state index contributed by atoms with van der Waals surface area (Å²) in [4.78, 5) is 23.8. The number of carbonyl (C=O) groups is 2. The number of piperazine rings is 1. The van der Waals surface area contributed by atoms with E-state index in [1.807, 2.05) is 0 Å². The van der Waals surface area contributed by atoms with E-state index >= 15 is 0 Å². The number of benzene rings is 1. The summed E-state index contributed by atoms with van der Waals surface area (Å²) >= 11 is 0. The number of nitrogens with zero attached hydrogens (tertiary/aromatic N) is 1. The number of hydrogen-bond acceptors (Lipinski definition) is 3. The zero-order valence-electron chi connectivity index (χ0n) is 8.57. The molecule has 1 saturated heterocycles. The second-order valence-electron chi connectivity index (χ2n) is 3.71. The Morgan fingerprint density at radius 1 is 1.19 bits per heavy atom. The second-order valence-corrected chi connectivity index (χ2v) is 3.71. The van der Waals surface area contributed by atoms with E-state index in [0.29, 0.717) is 5.56 Å². The number of amides is 2. The minimum Gasteiger partial charge on any atom is -0.294 e. The van der Waals surface area contributed by atoms with Crippen LogP contribution in [0.2, 0.25) is 0 Å². The van der Waals surface area contributed by atoms with Gasteiger partial charge in [0.15, 0.2) is 0 Å². The minimum absolute atomic E-state index is 0.125. The summed E-state index contributed by atoms with van der Waals surface area (Å²) in [7, 11) is 0. The van der Waals surface area contributed by atoms with Crippen molar-refractivity contribution in [2.45, 2.75) is 6.54 Å². The van der Waals surface area contributed by atoms with Crippen LogP contribution >= 0.6 is 0 Å². The van der Waals surface area contributed by atoms with E-state index in [2.05, 4.69) is 5.32 Å². The van der Waals surface area contributed by atoms with Gasteiger partial charge in [0.25, 0.3) is 0 Å². The van der Waals surface area contributed by atoms with Crippen LogP contribution in [-0.4, -0.2) is 29.8 Å². The summed E-state index contributed by atoms with van der Waals surface area (Å²) < 4.78 is 13.3. The van der Waals surface area contributed by atoms with Gasteiger partial charge in [-0.3, -0.25) is 19.8 Å². The largest absolute Gasteiger partial charge is 0.294 e. The van der Waals surface area contributed by atoms with Gasteiger partial charge in [0.1, 0.15) is 5.82 Å². The normalized spacial score (nSPS) is 17.3. The predicted octanol–water partition coefficient (Wildman–Crippen LogP) is 0.284. The van der Waals surface area contributed by atoms with Gasteiger partial charge in [-0.25, -0.2) is 4.39 Å². The lowest BCUT2D eigenvalue weighted by molar-refractivity contribution is -0.136. The molecule has 2 rings (SSSR count). The molecule has 1 aliphatic rings. The molecule has 0 radical (unpaired) electrons. The molecule has 0 saturated carbocycles. The number of carbonyl (C=O) groups excluding carboxylic acids is 2. The van der Waals surface area contributed by atoms with Gasteiger partial charge in [-0.05, 0) is 6.07 Å². The van der Waals surface area contributed by atoms with Crippen molar-refractivity contribution in [3.05, 3.63) is 35.6 Å². The van der Waals surface area contributed by atoms with Crippen molar-refractivity contribution in [3.8, 4) is 0 Å². The molecule has 0 aliphatic carbocycles. The molecule has 16 heavy (non-hydrogen) atoms. The molecule has 1 aromatic rings. The molecule has 1 heterocycles. The lowest BCUT2D eigenvalue weighted by Crippen LogP contribution is -2.50. The summed E-state index contributed by atoms with van der Waals surface area (Å²) in [5.41, 5.74) is 0.491. The average Bonchev–Trinajstić information content (AvgIpc) is 2.20. The van der Waals surface area contributed by atoms with Crippen molar-refractivity contribution in [3.63, 3.8) is 0 Å². The molecule has 0 atom stereocenters. The third-order valence-electron chi connectivity index (χ3n) is 2.37. The van der Waals surface area contributed by atoms with Gasteiger partial charge in [0.05, 0.1) is 13.1 Å². The first kappa shape index (κ1) is 10.8. The van der Waals surface area contributed by atoms with Crippen molar-refractivity contribution in [2.24, 2.45) is 0 Å². The van der Waals surface area contributed by atoms with Gasteiger partial charge in [0.2, 0.25) is 11.8 Å². The number of rotatable bonds is 2. The Balaban J connectivity index is 2.07. The SMILES string of the molecule is O=C1CN(Cc2ccccc2F)CC(=O)N1. The third kappa shape index (κ3) is 2.43. The third-order valence-corrected chi connectivity index (χ3v) is 2.37. The van der Waals surface area contributed by atoms with Crippen LogP contribution in [0.3, 0.4) is 0 Å². The zero-order chi connectivity index (χ0) is 11.5. The summed E-state index contributed by atoms with van der Waals surface area (Å²) in [5.74, 6) is -0.999. The molecule has 0 unspecified atom stereocenters. The van der Waals surface area contributed by atoms with E-state index in [-0.39, 0.29) is 37.3 Å². The average molecular weight is 222 g/mol. The van der Waals surface area contributed by atoms with Crippen LogP contribution in [0.15, 0.2) is 24.3 Å². The summed E-state index contributed by atoms with van der Waals surface area (Å²) in [6.07, 6.45) is 0. The highest BCUT2D eigenvalue weighted by atomic mass is 19.1. The highest BCUT2D eigenvalue weighted by Crippen LogP contribution is 2.10. The van der Waals surface area contributed by atoms with Gasteiger partial charge in [-0.2, -0.15) is 0 Å². The van der Waals surface area contributed by atoms with Crippen LogP contribution < -0.4 is 5.32 Å². The van der Waals surface area contributed by atoms with Gasteiger partial charge in [-0.1, -0.05) is 18.2 Å². The molecule has 0 bridgehead atoms. The molecule has 1 fully saturated rings. The number of hydrogen-bond donors (Lipinski definition) is 1. The van der Waals surface area contributed by atoms with Crippen LogP contribution in [0.4, 0.5) is 4.39 Å². The lowest BCUT2D eigenvalue weighted by atomic mass is 10.2. The minimum atomic E-state index is -0.340. The Kier molecular flexibility index (Phi) is 2.96. The molecule has 84 valence electrons. The van der Waals surface area contributed by atoms with Crippen molar-refractivity contribution >= 4 is 11.8 Å². The Morgan fingerprint density at radius 3 is 2.44 bits per heavy atom. The van der Waals surface area contributed by atoms with E-state index < -0.39 is 0 Å². The molecular formula is C11H11FN2O2. The summed E-state index contributed by atoms with van der Waals surface area (Å²) in [6.45, 7) is 0.520. The van der Waals surface area contributed by atoms with Gasteiger partial charge in [-0.15, -0.1) is 0 Å². The van der Waals surface area contributed by atoms with Crippen molar-refractivity contribution in [1.82, 2.24) is 10.2 Å². The molecule has 1 aliphatic heterocycles. The quantitative estimate of drug-likeness (QED) is 0.731. The van der Waals surface area contributed by atoms with Gasteiger partial charge < -0.3 is 0 Å². The van der Waals surface area contributed by atoms with Crippen molar-refractivity contribution in [2.75, 3.05) is 13.1 Å². The molecule has 1 N–H and O–H groups in total. The highest BCUT2D eigenvalue weighted by molar-refractivity contribution is 5.99. The molecule has 0 aromatic heterocycles. The Hall–Kier alpha value is -1.75. The number of nitrogens with one attached hydrogen (secondary N) is 1. The molecule has 4 nitrogen and oxygen atoms in total. The maximum absolute atomic E-state index is 13.3. The fourth-order valence-electron chi connectivity index (χ4n) is 1.68. The molecular weight excluding hydrogens is 211 g/mol. The van der Waals surface area contributed by atoms with Crippen molar-refractivity contribution in [1.29, 1.82) is 0 Å². The number of halogens is 1. The second kappa shape index (κ2) is 4.40. The fraction of sp³-hybridized carbons (Fsp3) is 0.273. The van der Waals surface area contributed by atoms with Crippen LogP contribution in [-0.2, 0) is 16.1 Å². The zero-order valence-corrected chi connectivity index (χ0v) is 8.57. The Labute approximate surface area is 92.0 Å². The molecule has 0 spiro atoms. The maximum Gasteiger partial charge on any atom is 0.240 e. The topological polar surface area (TPSA) is 49.4 Å². The Morgan fingerprint density at radius 2 is 1.81 bits per heavy atom. The van der Waals surface area contributed by atoms with Crippen LogP contribution in [0.1, 0.15) is 5.56 Å². The molecule has 5 heteroatoms. The monoisotopic (exact) mass is 222 g/mol. The van der Waals surface area contributed by atoms with E-state index in [1.54, 1.807) is 23.1 Å². The van der Waals surface area contributed by atoms with Crippen LogP contribution in [0, 0.1) is 5.82 Å². The van der Waals surface area contributed by atoms with Gasteiger partial charge >= 0.3 is 0 Å². The Bertz CT molecular complexity index is 418. The van der Waals surface area contributed by atoms with Crippen molar-refractivity contribution < 1.29 is 14.0 Å². The lowest BCUT2D eigenvalue weighted by Gasteiger charge is -2.25. The fourth-order valence-corrected chi connectivity index (χ4v) is 1.68. The van der Waals surface area contributed by atoms with E-state index in [4.69, 9.17) is 0 Å². The first-order valence-electron chi connectivity index (χ1n) is 4.93. The van der Waals surface area contributed by atoms with Crippen LogP contribution in [0.25, 0.3) is 0 Å². The van der Waals surface area contributed by atoms with E-state index in [9.17, 15) is 14.0 Å². The molecule has 2 amide bonds. The summed E-state index contributed by atoms with van der Waals surface area (Å²) in [6, 6.07) is 6.34. The smallest absolute Gasteiger partial charge is 0.240 e. The highest BCUT2D eigenvalue weighted by Gasteiger charge is 2.22. The summed E-state index contributed by atoms with van der Waals surface area (Å²) in [5, 5.41) is 2.20.